The highest BCUT2D eigenvalue weighted by molar-refractivity contribution is 7.99. The Morgan fingerprint density at radius 1 is 1.20 bits per heavy atom. The normalized spacial score (nSPS) is 13.1. The Bertz CT molecular complexity index is 282. The van der Waals surface area contributed by atoms with E-state index >= 15 is 0 Å². The van der Waals surface area contributed by atoms with E-state index in [0.29, 0.717) is 11.7 Å². The molecule has 15 heavy (non-hydrogen) atoms. The Morgan fingerprint density at radius 3 is 2.27 bits per heavy atom. The predicted octanol–water partition coefficient (Wildman–Crippen LogP) is 2.26. The summed E-state index contributed by atoms with van der Waals surface area (Å²) in [7, 11) is 0. The molecule has 0 amide bonds. The molecule has 2 N–H and O–H groups in total. The minimum Gasteiger partial charge on any atom is -0.394 e. The third-order valence-electron chi connectivity index (χ3n) is 2.20. The first-order chi connectivity index (χ1) is 7.13. The molecule has 0 aliphatic rings. The lowest BCUT2D eigenvalue weighted by atomic mass is 10.0. The molecule has 1 unspecified atom stereocenters. The van der Waals surface area contributed by atoms with Crippen molar-refractivity contribution in [2.75, 3.05) is 12.4 Å². The second-order valence-electron chi connectivity index (χ2n) is 3.87. The van der Waals surface area contributed by atoms with Crippen LogP contribution in [0.2, 0.25) is 0 Å². The predicted molar refractivity (Wildman–Crippen MR) is 64.3 cm³/mol. The zero-order valence-corrected chi connectivity index (χ0v) is 10.00. The van der Waals surface area contributed by atoms with Crippen LogP contribution < -0.4 is 0 Å². The zero-order valence-electron chi connectivity index (χ0n) is 9.18. The average molecular weight is 226 g/mol. The number of aliphatic hydroxyl groups excluding tert-OH is 2. The molecule has 1 rings (SSSR count). The van der Waals surface area contributed by atoms with Gasteiger partial charge in [-0.05, 0) is 23.6 Å². The van der Waals surface area contributed by atoms with Crippen molar-refractivity contribution in [1.29, 1.82) is 0 Å². The SMILES string of the molecule is CC(C)c1ccc(SCC(O)CO)cc1. The van der Waals surface area contributed by atoms with Gasteiger partial charge in [-0.25, -0.2) is 0 Å². The second-order valence-corrected chi connectivity index (χ2v) is 4.96. The van der Waals surface area contributed by atoms with Crippen LogP contribution in [-0.2, 0) is 0 Å². The van der Waals surface area contributed by atoms with Gasteiger partial charge in [-0.15, -0.1) is 11.8 Å². The monoisotopic (exact) mass is 226 g/mol. The van der Waals surface area contributed by atoms with Crippen LogP contribution in [0.25, 0.3) is 0 Å². The number of thioether (sulfide) groups is 1. The Balaban J connectivity index is 2.50. The largest absolute Gasteiger partial charge is 0.394 e. The van der Waals surface area contributed by atoms with E-state index in [9.17, 15) is 5.11 Å². The second kappa shape index (κ2) is 6.16. The van der Waals surface area contributed by atoms with Crippen LogP contribution in [0.3, 0.4) is 0 Å². The van der Waals surface area contributed by atoms with Gasteiger partial charge >= 0.3 is 0 Å². The van der Waals surface area contributed by atoms with Gasteiger partial charge in [0, 0.05) is 10.6 Å². The van der Waals surface area contributed by atoms with Crippen LogP contribution in [0.1, 0.15) is 25.3 Å². The van der Waals surface area contributed by atoms with Crippen molar-refractivity contribution in [3.63, 3.8) is 0 Å². The molecule has 0 saturated carbocycles. The van der Waals surface area contributed by atoms with E-state index in [0.717, 1.165) is 4.90 Å². The van der Waals surface area contributed by atoms with Crippen LogP contribution >= 0.6 is 11.8 Å². The standard InChI is InChI=1S/C12H18O2S/c1-9(2)10-3-5-12(6-4-10)15-8-11(14)7-13/h3-6,9,11,13-14H,7-8H2,1-2H3. The first kappa shape index (κ1) is 12.6. The van der Waals surface area contributed by atoms with Gasteiger partial charge in [-0.3, -0.25) is 0 Å². The van der Waals surface area contributed by atoms with E-state index in [2.05, 4.69) is 38.1 Å². The van der Waals surface area contributed by atoms with Gasteiger partial charge in [-0.1, -0.05) is 26.0 Å². The molecule has 1 atom stereocenters. The smallest absolute Gasteiger partial charge is 0.0864 e. The van der Waals surface area contributed by atoms with E-state index in [1.54, 1.807) is 11.8 Å². The summed E-state index contributed by atoms with van der Waals surface area (Å²) in [5.74, 6) is 1.09. The molecule has 2 nitrogen and oxygen atoms in total. The van der Waals surface area contributed by atoms with Gasteiger partial charge in [0.1, 0.15) is 0 Å². The number of hydrogen-bond donors (Lipinski definition) is 2. The fraction of sp³-hybridized carbons (Fsp3) is 0.500. The third-order valence-corrected chi connectivity index (χ3v) is 3.36. The van der Waals surface area contributed by atoms with Crippen LogP contribution in [0.4, 0.5) is 0 Å². The molecule has 3 heteroatoms. The topological polar surface area (TPSA) is 40.5 Å². The first-order valence-corrected chi connectivity index (χ1v) is 6.13. The average Bonchev–Trinajstić information content (AvgIpc) is 2.26. The van der Waals surface area contributed by atoms with E-state index in [1.807, 2.05) is 0 Å². The molecule has 0 bridgehead atoms. The highest BCUT2D eigenvalue weighted by Crippen LogP contribution is 2.22. The minimum absolute atomic E-state index is 0.170. The number of rotatable bonds is 5. The molecule has 0 saturated heterocycles. The lowest BCUT2D eigenvalue weighted by Gasteiger charge is -2.08. The number of aliphatic hydroxyl groups is 2. The van der Waals surface area contributed by atoms with E-state index in [4.69, 9.17) is 5.11 Å². The van der Waals surface area contributed by atoms with Crippen molar-refractivity contribution in [3.05, 3.63) is 29.8 Å². The molecule has 0 aliphatic carbocycles. The molecule has 0 fully saturated rings. The third kappa shape index (κ3) is 4.24. The maximum Gasteiger partial charge on any atom is 0.0864 e. The molecule has 0 aliphatic heterocycles. The first-order valence-electron chi connectivity index (χ1n) is 5.15. The van der Waals surface area contributed by atoms with Gasteiger partial charge in [0.05, 0.1) is 12.7 Å². The lowest BCUT2D eigenvalue weighted by molar-refractivity contribution is 0.113. The summed E-state index contributed by atoms with van der Waals surface area (Å²) >= 11 is 1.56. The maximum atomic E-state index is 9.19. The molecule has 0 aromatic heterocycles. The quantitative estimate of drug-likeness (QED) is 0.757. The van der Waals surface area contributed by atoms with E-state index in [-0.39, 0.29) is 6.61 Å². The van der Waals surface area contributed by atoms with Crippen LogP contribution in [-0.4, -0.2) is 28.7 Å². The summed E-state index contributed by atoms with van der Waals surface area (Å²) in [5, 5.41) is 17.9. The van der Waals surface area contributed by atoms with Gasteiger partial charge in [0.2, 0.25) is 0 Å². The summed E-state index contributed by atoms with van der Waals surface area (Å²) in [6.07, 6.45) is -0.625. The summed E-state index contributed by atoms with van der Waals surface area (Å²) in [4.78, 5) is 1.13. The molecule has 84 valence electrons. The molecular weight excluding hydrogens is 208 g/mol. The minimum atomic E-state index is -0.625. The summed E-state index contributed by atoms with van der Waals surface area (Å²) in [6.45, 7) is 4.16. The van der Waals surface area contributed by atoms with E-state index < -0.39 is 6.10 Å². The summed E-state index contributed by atoms with van der Waals surface area (Å²) in [6, 6.07) is 8.34. The van der Waals surface area contributed by atoms with Crippen molar-refractivity contribution in [2.45, 2.75) is 30.8 Å². The van der Waals surface area contributed by atoms with Crippen molar-refractivity contribution >= 4 is 11.8 Å². The number of benzene rings is 1. The van der Waals surface area contributed by atoms with Gasteiger partial charge in [0.25, 0.3) is 0 Å². The zero-order chi connectivity index (χ0) is 11.3. The fourth-order valence-electron chi connectivity index (χ4n) is 1.19. The molecule has 1 aromatic carbocycles. The molecule has 0 radical (unpaired) electrons. The lowest BCUT2D eigenvalue weighted by Crippen LogP contribution is -2.14. The highest BCUT2D eigenvalue weighted by atomic mass is 32.2. The van der Waals surface area contributed by atoms with Gasteiger partial charge < -0.3 is 10.2 Å². The van der Waals surface area contributed by atoms with Crippen LogP contribution in [0, 0.1) is 0 Å². The van der Waals surface area contributed by atoms with Crippen LogP contribution in [0.15, 0.2) is 29.2 Å². The van der Waals surface area contributed by atoms with Crippen molar-refractivity contribution in [3.8, 4) is 0 Å². The Morgan fingerprint density at radius 2 is 1.80 bits per heavy atom. The maximum absolute atomic E-state index is 9.19. The molecule has 1 aromatic rings. The molecule has 0 spiro atoms. The number of hydrogen-bond acceptors (Lipinski definition) is 3. The Labute approximate surface area is 95.3 Å². The molecular formula is C12H18O2S. The molecule has 0 heterocycles. The van der Waals surface area contributed by atoms with Gasteiger partial charge in [0.15, 0.2) is 0 Å². The highest BCUT2D eigenvalue weighted by Gasteiger charge is 2.03. The van der Waals surface area contributed by atoms with Crippen LogP contribution in [0.5, 0.6) is 0 Å². The summed E-state index contributed by atoms with van der Waals surface area (Å²) < 4.78 is 0. The fourth-order valence-corrected chi connectivity index (χ4v) is 2.01. The Kier molecular flexibility index (Phi) is 5.15. The summed E-state index contributed by atoms with van der Waals surface area (Å²) in [5.41, 5.74) is 1.32. The Hall–Kier alpha value is -0.510. The van der Waals surface area contributed by atoms with Crippen molar-refractivity contribution in [2.24, 2.45) is 0 Å². The van der Waals surface area contributed by atoms with Crippen molar-refractivity contribution < 1.29 is 10.2 Å². The van der Waals surface area contributed by atoms with Gasteiger partial charge in [-0.2, -0.15) is 0 Å². The van der Waals surface area contributed by atoms with E-state index in [1.165, 1.54) is 5.56 Å². The van der Waals surface area contributed by atoms with Crippen molar-refractivity contribution in [1.82, 2.24) is 0 Å².